The van der Waals surface area contributed by atoms with E-state index >= 15 is 0 Å². The Morgan fingerprint density at radius 2 is 1.77 bits per heavy atom. The zero-order valence-electron chi connectivity index (χ0n) is 15.7. The number of anilines is 1. The van der Waals surface area contributed by atoms with Crippen molar-refractivity contribution in [2.75, 3.05) is 25.0 Å². The molecule has 26 heavy (non-hydrogen) atoms. The molecule has 0 aliphatic carbocycles. The molecule has 1 aliphatic heterocycles. The smallest absolute Gasteiger partial charge is 0.548 e. The van der Waals surface area contributed by atoms with Crippen LogP contribution in [0.4, 0.5) is 5.69 Å². The monoisotopic (exact) mass is 360 g/mol. The van der Waals surface area contributed by atoms with Crippen LogP contribution in [0.25, 0.3) is 0 Å². The molecule has 132 valence electrons. The van der Waals surface area contributed by atoms with E-state index in [9.17, 15) is 9.90 Å². The molecule has 0 radical (unpaired) electrons. The van der Waals surface area contributed by atoms with Gasteiger partial charge in [0.05, 0.1) is 11.5 Å². The van der Waals surface area contributed by atoms with Gasteiger partial charge in [-0.15, -0.1) is 0 Å². The third-order valence-electron chi connectivity index (χ3n) is 5.26. The zero-order valence-corrected chi connectivity index (χ0v) is 17.7. The molecule has 2 aromatic rings. The average molecular weight is 360 g/mol. The van der Waals surface area contributed by atoms with Crippen molar-refractivity contribution >= 4 is 11.7 Å². The van der Waals surface area contributed by atoms with Crippen LogP contribution in [0.2, 0.25) is 0 Å². The Bertz CT molecular complexity index is 696. The van der Waals surface area contributed by atoms with Gasteiger partial charge in [-0.25, -0.2) is 0 Å². The first kappa shape index (κ1) is 21.0. The Morgan fingerprint density at radius 1 is 1.15 bits per heavy atom. The molecule has 0 saturated carbocycles. The molecule has 3 rings (SSSR count). The van der Waals surface area contributed by atoms with E-state index in [2.05, 4.69) is 34.5 Å². The minimum atomic E-state index is -1.01. The fourth-order valence-electron chi connectivity index (χ4n) is 3.67. The summed E-state index contributed by atoms with van der Waals surface area (Å²) in [6, 6.07) is 19.9. The van der Waals surface area contributed by atoms with E-state index in [4.69, 9.17) is 0 Å². The van der Waals surface area contributed by atoms with Gasteiger partial charge in [0.15, 0.2) is 0 Å². The van der Waals surface area contributed by atoms with Crippen molar-refractivity contribution in [3.05, 3.63) is 66.2 Å². The maximum absolute atomic E-state index is 12.0. The third kappa shape index (κ3) is 4.89. The normalized spacial score (nSPS) is 23.0. The van der Waals surface area contributed by atoms with Gasteiger partial charge in [-0.3, -0.25) is 0 Å². The van der Waals surface area contributed by atoms with Gasteiger partial charge in [-0.1, -0.05) is 55.5 Å². The molecule has 5 heteroatoms. The standard InChI is InChI=1S/C21H26N2O2.Na/c1-17-16-23(14-12-18-8-4-2-5-9-18)15-13-21(17,20(24)25)22-19-10-6-3-7-11-19;/h2-11,17,22H,12-16H2,1H3,(H,24,25);/q;+1/p-1. The SMILES string of the molecule is CC1CN(CCc2ccccc2)CCC1(Nc1ccccc1)C(=O)[O-].[Na+]. The molecular formula is C21H25N2NaO2. The molecule has 2 aromatic carbocycles. The van der Waals surface area contributed by atoms with Gasteiger partial charge in [0, 0.05) is 25.3 Å². The number of aliphatic carboxylic acids is 1. The summed E-state index contributed by atoms with van der Waals surface area (Å²) in [6.45, 7) is 4.45. The van der Waals surface area contributed by atoms with E-state index in [1.165, 1.54) is 5.56 Å². The number of carboxylic acids is 1. The average Bonchev–Trinajstić information content (AvgIpc) is 2.63. The summed E-state index contributed by atoms with van der Waals surface area (Å²) < 4.78 is 0. The van der Waals surface area contributed by atoms with Crippen LogP contribution in [-0.4, -0.2) is 36.0 Å². The van der Waals surface area contributed by atoms with Crippen LogP contribution in [0.1, 0.15) is 18.9 Å². The summed E-state index contributed by atoms with van der Waals surface area (Å²) in [5.41, 5.74) is 1.13. The van der Waals surface area contributed by atoms with Gasteiger partial charge in [0.2, 0.25) is 0 Å². The predicted octanol–water partition coefficient (Wildman–Crippen LogP) is -0.824. The van der Waals surface area contributed by atoms with Crippen molar-refractivity contribution in [2.45, 2.75) is 25.3 Å². The number of carboxylic acid groups (broad SMARTS) is 1. The first-order chi connectivity index (χ1) is 12.1. The number of likely N-dealkylation sites (tertiary alicyclic amines) is 1. The van der Waals surface area contributed by atoms with Gasteiger partial charge in [-0.05, 0) is 36.5 Å². The Balaban J connectivity index is 0.00000243. The summed E-state index contributed by atoms with van der Waals surface area (Å²) in [5, 5.41) is 15.2. The van der Waals surface area contributed by atoms with Crippen LogP contribution < -0.4 is 40.0 Å². The molecule has 1 heterocycles. The second-order valence-corrected chi connectivity index (χ2v) is 6.94. The molecule has 0 spiro atoms. The molecular weight excluding hydrogens is 335 g/mol. The summed E-state index contributed by atoms with van der Waals surface area (Å²) in [7, 11) is 0. The molecule has 1 fully saturated rings. The van der Waals surface area contributed by atoms with Crippen molar-refractivity contribution in [3.63, 3.8) is 0 Å². The zero-order chi connectivity index (χ0) is 17.7. The first-order valence-electron chi connectivity index (χ1n) is 8.91. The van der Waals surface area contributed by atoms with Crippen molar-refractivity contribution < 1.29 is 39.5 Å². The Morgan fingerprint density at radius 3 is 2.35 bits per heavy atom. The van der Waals surface area contributed by atoms with E-state index in [1.807, 2.05) is 43.3 Å². The number of piperidine rings is 1. The molecule has 0 bridgehead atoms. The van der Waals surface area contributed by atoms with Crippen LogP contribution in [0.15, 0.2) is 60.7 Å². The molecule has 4 nitrogen and oxygen atoms in total. The molecule has 1 N–H and O–H groups in total. The topological polar surface area (TPSA) is 55.4 Å². The summed E-state index contributed by atoms with van der Waals surface area (Å²) in [6.07, 6.45) is 1.53. The van der Waals surface area contributed by atoms with Crippen molar-refractivity contribution in [2.24, 2.45) is 5.92 Å². The summed E-state index contributed by atoms with van der Waals surface area (Å²) in [4.78, 5) is 14.3. The number of rotatable bonds is 6. The van der Waals surface area contributed by atoms with Crippen LogP contribution in [0.5, 0.6) is 0 Å². The summed E-state index contributed by atoms with van der Waals surface area (Å²) in [5.74, 6) is -1.05. The fraction of sp³-hybridized carbons (Fsp3) is 0.381. The minimum absolute atomic E-state index is 0. The Kier molecular flexibility index (Phi) is 7.71. The fourth-order valence-corrected chi connectivity index (χ4v) is 3.67. The predicted molar refractivity (Wildman–Crippen MR) is 98.2 cm³/mol. The number of carbonyl (C=O) groups is 1. The van der Waals surface area contributed by atoms with Gasteiger partial charge in [0.1, 0.15) is 0 Å². The third-order valence-corrected chi connectivity index (χ3v) is 5.26. The van der Waals surface area contributed by atoms with E-state index < -0.39 is 11.5 Å². The number of nitrogens with one attached hydrogen (secondary N) is 1. The number of hydrogen-bond donors (Lipinski definition) is 1. The minimum Gasteiger partial charge on any atom is -0.548 e. The maximum atomic E-state index is 12.0. The summed E-state index contributed by atoms with van der Waals surface area (Å²) >= 11 is 0. The van der Waals surface area contributed by atoms with Gasteiger partial charge < -0.3 is 20.1 Å². The second kappa shape index (κ2) is 9.56. The number of nitrogens with zero attached hydrogens (tertiary/aromatic N) is 1. The Hall–Kier alpha value is -1.33. The first-order valence-corrected chi connectivity index (χ1v) is 8.91. The molecule has 1 saturated heterocycles. The largest absolute Gasteiger partial charge is 1.00 e. The van der Waals surface area contributed by atoms with Crippen molar-refractivity contribution in [3.8, 4) is 0 Å². The van der Waals surface area contributed by atoms with E-state index in [1.54, 1.807) is 0 Å². The maximum Gasteiger partial charge on any atom is 1.00 e. The second-order valence-electron chi connectivity index (χ2n) is 6.94. The van der Waals surface area contributed by atoms with Gasteiger partial charge >= 0.3 is 29.6 Å². The number of carbonyl (C=O) groups excluding carboxylic acids is 1. The van der Waals surface area contributed by atoms with E-state index in [0.717, 1.165) is 31.7 Å². The van der Waals surface area contributed by atoms with E-state index in [0.29, 0.717) is 6.42 Å². The Labute approximate surface area is 177 Å². The molecule has 2 unspecified atom stereocenters. The van der Waals surface area contributed by atoms with Gasteiger partial charge in [-0.2, -0.15) is 0 Å². The molecule has 2 atom stereocenters. The molecule has 1 aliphatic rings. The van der Waals surface area contributed by atoms with Crippen LogP contribution in [0, 0.1) is 5.92 Å². The van der Waals surface area contributed by atoms with Crippen molar-refractivity contribution in [1.82, 2.24) is 4.90 Å². The van der Waals surface area contributed by atoms with Crippen LogP contribution in [-0.2, 0) is 11.2 Å². The van der Waals surface area contributed by atoms with Crippen LogP contribution >= 0.6 is 0 Å². The van der Waals surface area contributed by atoms with Crippen LogP contribution in [0.3, 0.4) is 0 Å². The number of hydrogen-bond acceptors (Lipinski definition) is 4. The van der Waals surface area contributed by atoms with E-state index in [-0.39, 0.29) is 35.5 Å². The molecule has 0 amide bonds. The quantitative estimate of drug-likeness (QED) is 0.684. The number of para-hydroxylation sites is 1. The van der Waals surface area contributed by atoms with Crippen molar-refractivity contribution in [1.29, 1.82) is 0 Å². The van der Waals surface area contributed by atoms with Gasteiger partial charge in [0.25, 0.3) is 0 Å². The number of benzene rings is 2. The molecule has 0 aromatic heterocycles.